The molecule has 1 heterocycles. The lowest BCUT2D eigenvalue weighted by Crippen LogP contribution is -1.78. The second-order valence-corrected chi connectivity index (χ2v) is 6.38. The van der Waals surface area contributed by atoms with Crippen LogP contribution in [0.5, 0.6) is 0 Å². The summed E-state index contributed by atoms with van der Waals surface area (Å²) in [4.78, 5) is 5.83. The Morgan fingerprint density at radius 1 is 1.10 bits per heavy atom. The lowest BCUT2D eigenvalue weighted by molar-refractivity contribution is 0.619. The number of unbranched alkanes of at least 4 members (excludes halogenated alkanes) is 1. The van der Waals surface area contributed by atoms with Gasteiger partial charge in [0.15, 0.2) is 5.58 Å². The largest absolute Gasteiger partial charge is 0.436 e. The van der Waals surface area contributed by atoms with E-state index >= 15 is 0 Å². The maximum Gasteiger partial charge on any atom is 0.227 e. The molecule has 3 rings (SSSR count). The molecule has 0 atom stereocenters. The molecular formula is C18H19NOS. The summed E-state index contributed by atoms with van der Waals surface area (Å²) in [6.07, 6.45) is 2.48. The fourth-order valence-electron chi connectivity index (χ4n) is 2.15. The molecule has 0 aliphatic heterocycles. The maximum atomic E-state index is 5.92. The minimum atomic E-state index is 0.695. The Bertz CT molecular complexity index is 731. The summed E-state index contributed by atoms with van der Waals surface area (Å²) in [5.41, 5.74) is 4.05. The quantitative estimate of drug-likeness (QED) is 0.446. The molecule has 0 N–H and O–H groups in total. The molecule has 0 aliphatic carbocycles. The average molecular weight is 297 g/mol. The molecular weight excluding hydrogens is 278 g/mol. The summed E-state index contributed by atoms with van der Waals surface area (Å²) in [6.45, 7) is 4.30. The Labute approximate surface area is 129 Å². The van der Waals surface area contributed by atoms with Crippen LogP contribution in [0.4, 0.5) is 0 Å². The molecule has 2 aromatic carbocycles. The number of nitrogens with zero attached hydrogens (tertiary/aromatic N) is 1. The zero-order chi connectivity index (χ0) is 14.7. The molecule has 0 saturated carbocycles. The first-order valence-electron chi connectivity index (χ1n) is 7.36. The van der Waals surface area contributed by atoms with Gasteiger partial charge >= 0.3 is 0 Å². The van der Waals surface area contributed by atoms with Crippen LogP contribution in [0.3, 0.4) is 0 Å². The van der Waals surface area contributed by atoms with Gasteiger partial charge in [0.05, 0.1) is 0 Å². The summed E-state index contributed by atoms with van der Waals surface area (Å²) in [5, 5.41) is 0. The molecule has 0 fully saturated rings. The lowest BCUT2D eigenvalue weighted by Gasteiger charge is -1.99. The minimum Gasteiger partial charge on any atom is -0.436 e. The van der Waals surface area contributed by atoms with Crippen molar-refractivity contribution in [2.24, 2.45) is 0 Å². The van der Waals surface area contributed by atoms with E-state index in [1.54, 1.807) is 0 Å². The second kappa shape index (κ2) is 6.35. The molecule has 108 valence electrons. The number of fused-ring (bicyclic) bond motifs is 1. The molecule has 1 aromatic heterocycles. The van der Waals surface area contributed by atoms with E-state index in [1.807, 2.05) is 17.8 Å². The van der Waals surface area contributed by atoms with Crippen LogP contribution < -0.4 is 0 Å². The Morgan fingerprint density at radius 2 is 1.90 bits per heavy atom. The van der Waals surface area contributed by atoms with Crippen molar-refractivity contribution in [2.75, 3.05) is 5.75 Å². The highest BCUT2D eigenvalue weighted by atomic mass is 32.2. The van der Waals surface area contributed by atoms with Crippen molar-refractivity contribution in [2.45, 2.75) is 31.6 Å². The van der Waals surface area contributed by atoms with Crippen LogP contribution in [0.1, 0.15) is 25.3 Å². The van der Waals surface area contributed by atoms with Crippen molar-refractivity contribution in [1.82, 2.24) is 4.98 Å². The first kappa shape index (κ1) is 14.2. The van der Waals surface area contributed by atoms with Gasteiger partial charge in [0, 0.05) is 10.5 Å². The van der Waals surface area contributed by atoms with Crippen molar-refractivity contribution in [1.29, 1.82) is 0 Å². The van der Waals surface area contributed by atoms with Crippen LogP contribution in [-0.4, -0.2) is 10.7 Å². The van der Waals surface area contributed by atoms with Crippen molar-refractivity contribution in [3.63, 3.8) is 0 Å². The minimum absolute atomic E-state index is 0.695. The van der Waals surface area contributed by atoms with E-state index in [4.69, 9.17) is 4.42 Å². The molecule has 0 radical (unpaired) electrons. The third kappa shape index (κ3) is 3.30. The van der Waals surface area contributed by atoms with Gasteiger partial charge in [0.1, 0.15) is 5.52 Å². The summed E-state index contributed by atoms with van der Waals surface area (Å²) < 4.78 is 5.92. The molecule has 3 heteroatoms. The van der Waals surface area contributed by atoms with E-state index < -0.39 is 0 Å². The number of hydrogen-bond acceptors (Lipinski definition) is 3. The van der Waals surface area contributed by atoms with E-state index in [0.29, 0.717) is 5.89 Å². The van der Waals surface area contributed by atoms with E-state index in [2.05, 4.69) is 55.2 Å². The predicted octanol–water partition coefficient (Wildman–Crippen LogP) is 5.70. The van der Waals surface area contributed by atoms with Crippen molar-refractivity contribution in [3.05, 3.63) is 48.0 Å². The zero-order valence-electron chi connectivity index (χ0n) is 12.4. The maximum absolute atomic E-state index is 5.92. The highest BCUT2D eigenvalue weighted by Crippen LogP contribution is 2.28. The standard InChI is InChI=1S/C18H19NOS/c1-3-4-11-21-15-9-10-16-17(12-15)20-18(19-16)14-7-5-13(2)6-8-14/h5-10,12H,3-4,11H2,1-2H3. The Kier molecular flexibility index (Phi) is 4.30. The molecule has 2 nitrogen and oxygen atoms in total. The van der Waals surface area contributed by atoms with Gasteiger partial charge in [-0.1, -0.05) is 31.0 Å². The smallest absolute Gasteiger partial charge is 0.227 e. The van der Waals surface area contributed by atoms with Crippen LogP contribution in [0.15, 0.2) is 51.8 Å². The van der Waals surface area contributed by atoms with Gasteiger partial charge in [-0.25, -0.2) is 4.98 Å². The summed E-state index contributed by atoms with van der Waals surface area (Å²) in [6, 6.07) is 14.5. The van der Waals surface area contributed by atoms with E-state index in [9.17, 15) is 0 Å². The van der Waals surface area contributed by atoms with Gasteiger partial charge in [-0.3, -0.25) is 0 Å². The van der Waals surface area contributed by atoms with Crippen LogP contribution in [0, 0.1) is 6.92 Å². The average Bonchev–Trinajstić information content (AvgIpc) is 2.91. The third-order valence-corrected chi connectivity index (χ3v) is 4.51. The van der Waals surface area contributed by atoms with E-state index in [0.717, 1.165) is 22.4 Å². The van der Waals surface area contributed by atoms with Crippen LogP contribution in [0.25, 0.3) is 22.6 Å². The number of benzene rings is 2. The Hall–Kier alpha value is -1.74. The number of aromatic nitrogens is 1. The highest BCUT2D eigenvalue weighted by molar-refractivity contribution is 7.99. The van der Waals surface area contributed by atoms with Gasteiger partial charge in [0.25, 0.3) is 0 Å². The highest BCUT2D eigenvalue weighted by Gasteiger charge is 2.08. The SMILES string of the molecule is CCCCSc1ccc2nc(-c3ccc(C)cc3)oc2c1. The third-order valence-electron chi connectivity index (χ3n) is 3.43. The van der Waals surface area contributed by atoms with Gasteiger partial charge in [-0.2, -0.15) is 0 Å². The summed E-state index contributed by atoms with van der Waals surface area (Å²) in [7, 11) is 0. The topological polar surface area (TPSA) is 26.0 Å². The summed E-state index contributed by atoms with van der Waals surface area (Å²) in [5.74, 6) is 1.85. The second-order valence-electron chi connectivity index (χ2n) is 5.22. The number of thioether (sulfide) groups is 1. The zero-order valence-corrected chi connectivity index (χ0v) is 13.2. The fraction of sp³-hybridized carbons (Fsp3) is 0.278. The predicted molar refractivity (Wildman–Crippen MR) is 89.8 cm³/mol. The van der Waals surface area contributed by atoms with Crippen molar-refractivity contribution in [3.8, 4) is 11.5 Å². The monoisotopic (exact) mass is 297 g/mol. The van der Waals surface area contributed by atoms with Crippen molar-refractivity contribution < 1.29 is 4.42 Å². The summed E-state index contributed by atoms with van der Waals surface area (Å²) >= 11 is 1.88. The molecule has 21 heavy (non-hydrogen) atoms. The van der Waals surface area contributed by atoms with E-state index in [1.165, 1.54) is 23.3 Å². The van der Waals surface area contributed by atoms with Gasteiger partial charge in [-0.05, 0) is 49.4 Å². The van der Waals surface area contributed by atoms with Crippen LogP contribution >= 0.6 is 11.8 Å². The molecule has 0 aliphatic rings. The van der Waals surface area contributed by atoms with Crippen molar-refractivity contribution >= 4 is 22.9 Å². The molecule has 0 bridgehead atoms. The first-order valence-corrected chi connectivity index (χ1v) is 8.35. The number of oxazole rings is 1. The molecule has 0 spiro atoms. The van der Waals surface area contributed by atoms with Crippen LogP contribution in [0.2, 0.25) is 0 Å². The molecule has 0 unspecified atom stereocenters. The normalized spacial score (nSPS) is 11.1. The Balaban J connectivity index is 1.87. The number of aryl methyl sites for hydroxylation is 1. The first-order chi connectivity index (χ1) is 10.3. The van der Waals surface area contributed by atoms with Gasteiger partial charge in [-0.15, -0.1) is 11.8 Å². The number of hydrogen-bond donors (Lipinski definition) is 0. The Morgan fingerprint density at radius 3 is 2.67 bits per heavy atom. The van der Waals surface area contributed by atoms with E-state index in [-0.39, 0.29) is 0 Å². The lowest BCUT2D eigenvalue weighted by atomic mass is 10.1. The van der Waals surface area contributed by atoms with Crippen LogP contribution in [-0.2, 0) is 0 Å². The molecule has 0 saturated heterocycles. The van der Waals surface area contributed by atoms with Gasteiger partial charge in [0.2, 0.25) is 5.89 Å². The fourth-order valence-corrected chi connectivity index (χ4v) is 3.17. The molecule has 3 aromatic rings. The number of rotatable bonds is 5. The molecule has 0 amide bonds. The van der Waals surface area contributed by atoms with Gasteiger partial charge < -0.3 is 4.42 Å².